The monoisotopic (exact) mass is 491 g/mol. The number of aliphatic carboxylic acids is 1. The number of oxazole rings is 1. The Balaban J connectivity index is 1.58. The lowest BCUT2D eigenvalue weighted by Gasteiger charge is -2.08. The lowest BCUT2D eigenvalue weighted by molar-refractivity contribution is -0.139. The van der Waals surface area contributed by atoms with Gasteiger partial charge in [-0.15, -0.1) is 11.8 Å². The van der Waals surface area contributed by atoms with Crippen LogP contribution < -0.4 is 14.2 Å². The van der Waals surface area contributed by atoms with Gasteiger partial charge in [-0.2, -0.15) is 0 Å². The molecule has 0 unspecified atom stereocenters. The number of carboxylic acid groups (broad SMARTS) is 1. The van der Waals surface area contributed by atoms with Gasteiger partial charge in [-0.1, -0.05) is 0 Å². The first-order valence-electron chi connectivity index (χ1n) is 10.8. The second kappa shape index (κ2) is 11.0. The molecule has 35 heavy (non-hydrogen) atoms. The molecule has 0 atom stereocenters. The second-order valence-corrected chi connectivity index (χ2v) is 8.69. The number of benzene rings is 3. The van der Waals surface area contributed by atoms with Crippen molar-refractivity contribution >= 4 is 17.7 Å². The maximum Gasteiger partial charge on any atom is 0.341 e. The summed E-state index contributed by atoms with van der Waals surface area (Å²) < 4.78 is 22.1. The van der Waals surface area contributed by atoms with E-state index in [9.17, 15) is 4.79 Å². The highest BCUT2D eigenvalue weighted by Gasteiger charge is 2.18. The third-order valence-corrected chi connectivity index (χ3v) is 6.23. The zero-order valence-corrected chi connectivity index (χ0v) is 20.4. The molecule has 0 aliphatic carbocycles. The van der Waals surface area contributed by atoms with Gasteiger partial charge in [0.15, 0.2) is 12.4 Å². The van der Waals surface area contributed by atoms with Crippen LogP contribution in [-0.2, 0) is 10.5 Å². The third-order valence-electron chi connectivity index (χ3n) is 5.25. The highest BCUT2D eigenvalue weighted by Crippen LogP contribution is 2.36. The van der Waals surface area contributed by atoms with Gasteiger partial charge in [-0.3, -0.25) is 0 Å². The SMILES string of the molecule is COc1ccc(-c2nc(CSc3ccc(OCC(=O)O)c(C)c3)oc2-c2ccc(OC)cc2)cc1. The fourth-order valence-corrected chi connectivity index (χ4v) is 4.30. The molecule has 4 rings (SSSR count). The van der Waals surface area contributed by atoms with Crippen molar-refractivity contribution in [1.29, 1.82) is 0 Å². The third kappa shape index (κ3) is 5.96. The fourth-order valence-electron chi connectivity index (χ4n) is 3.47. The average molecular weight is 492 g/mol. The first-order valence-corrected chi connectivity index (χ1v) is 11.8. The molecule has 0 aliphatic rings. The summed E-state index contributed by atoms with van der Waals surface area (Å²) in [7, 11) is 3.27. The standard InChI is InChI=1S/C27H25NO6S/c1-17-14-22(12-13-23(17)33-15-25(29)30)35-16-24-28-26(18-4-8-20(31-2)9-5-18)27(34-24)19-6-10-21(32-3)11-7-19/h4-14H,15-16H2,1-3H3,(H,29,30). The number of ether oxygens (including phenoxy) is 3. The van der Waals surface area contributed by atoms with E-state index in [4.69, 9.17) is 28.7 Å². The maximum atomic E-state index is 10.7. The highest BCUT2D eigenvalue weighted by molar-refractivity contribution is 7.98. The first kappa shape index (κ1) is 24.2. The van der Waals surface area contributed by atoms with Gasteiger partial charge >= 0.3 is 5.97 Å². The van der Waals surface area contributed by atoms with E-state index in [0.29, 0.717) is 23.2 Å². The van der Waals surface area contributed by atoms with Crippen LogP contribution >= 0.6 is 11.8 Å². The Hall–Kier alpha value is -3.91. The van der Waals surface area contributed by atoms with Crippen molar-refractivity contribution < 1.29 is 28.5 Å². The van der Waals surface area contributed by atoms with E-state index in [-0.39, 0.29) is 6.61 Å². The molecule has 1 aromatic heterocycles. The zero-order valence-electron chi connectivity index (χ0n) is 19.6. The Bertz CT molecular complexity index is 1230. The van der Waals surface area contributed by atoms with Gasteiger partial charge in [0.2, 0.25) is 5.89 Å². The van der Waals surface area contributed by atoms with Gasteiger partial charge in [0.25, 0.3) is 0 Å². The van der Waals surface area contributed by atoms with Gasteiger partial charge in [0.1, 0.15) is 22.9 Å². The molecule has 1 heterocycles. The van der Waals surface area contributed by atoms with Crippen molar-refractivity contribution in [3.63, 3.8) is 0 Å². The molecule has 4 aromatic rings. The topological polar surface area (TPSA) is 91.0 Å². The largest absolute Gasteiger partial charge is 0.497 e. The minimum Gasteiger partial charge on any atom is -0.497 e. The van der Waals surface area contributed by atoms with Gasteiger partial charge in [0.05, 0.1) is 20.0 Å². The summed E-state index contributed by atoms with van der Waals surface area (Å²) in [4.78, 5) is 16.6. The number of rotatable bonds is 10. The molecular formula is C27H25NO6S. The number of aryl methyl sites for hydroxylation is 1. The van der Waals surface area contributed by atoms with Gasteiger partial charge in [-0.05, 0) is 79.2 Å². The van der Waals surface area contributed by atoms with E-state index >= 15 is 0 Å². The lowest BCUT2D eigenvalue weighted by atomic mass is 10.1. The summed E-state index contributed by atoms with van der Waals surface area (Å²) in [5.41, 5.74) is 3.44. The first-order chi connectivity index (χ1) is 17.0. The molecule has 8 heteroatoms. The minimum absolute atomic E-state index is 0.369. The van der Waals surface area contributed by atoms with E-state index in [1.165, 1.54) is 0 Å². The Labute approximate surface area is 207 Å². The van der Waals surface area contributed by atoms with Crippen LogP contribution in [0.25, 0.3) is 22.6 Å². The van der Waals surface area contributed by atoms with E-state index in [1.54, 1.807) is 32.0 Å². The predicted octanol–water partition coefficient (Wildman–Crippen LogP) is 6.09. The van der Waals surface area contributed by atoms with Gasteiger partial charge in [-0.25, -0.2) is 9.78 Å². The quantitative estimate of drug-likeness (QED) is 0.267. The second-order valence-electron chi connectivity index (χ2n) is 7.64. The van der Waals surface area contributed by atoms with Crippen molar-refractivity contribution in [3.8, 4) is 39.8 Å². The summed E-state index contributed by atoms with van der Waals surface area (Å²) in [5, 5.41) is 8.81. The van der Waals surface area contributed by atoms with Crippen LogP contribution in [0.4, 0.5) is 0 Å². The van der Waals surface area contributed by atoms with Crippen molar-refractivity contribution in [2.24, 2.45) is 0 Å². The highest BCUT2D eigenvalue weighted by atomic mass is 32.2. The minimum atomic E-state index is -1.01. The van der Waals surface area contributed by atoms with Gasteiger partial charge in [0, 0.05) is 16.0 Å². The zero-order chi connectivity index (χ0) is 24.8. The van der Waals surface area contributed by atoms with Crippen LogP contribution in [0.2, 0.25) is 0 Å². The molecule has 7 nitrogen and oxygen atoms in total. The molecule has 180 valence electrons. The van der Waals surface area contributed by atoms with Crippen LogP contribution in [0.3, 0.4) is 0 Å². The Kier molecular flexibility index (Phi) is 7.62. The number of hydrogen-bond donors (Lipinski definition) is 1. The molecule has 0 radical (unpaired) electrons. The molecule has 1 N–H and O–H groups in total. The molecule has 0 fully saturated rings. The Morgan fingerprint density at radius 3 is 2.14 bits per heavy atom. The normalized spacial score (nSPS) is 10.7. The smallest absolute Gasteiger partial charge is 0.341 e. The Morgan fingerprint density at radius 2 is 1.57 bits per heavy atom. The number of carboxylic acids is 1. The van der Waals surface area contributed by atoms with E-state index in [0.717, 1.165) is 38.8 Å². The number of thioether (sulfide) groups is 1. The van der Waals surface area contributed by atoms with Crippen LogP contribution in [0, 0.1) is 6.92 Å². The van der Waals surface area contributed by atoms with Crippen molar-refractivity contribution in [3.05, 3.63) is 78.2 Å². The molecule has 0 bridgehead atoms. The van der Waals surface area contributed by atoms with Crippen LogP contribution in [-0.4, -0.2) is 36.9 Å². The summed E-state index contributed by atoms with van der Waals surface area (Å²) in [6.07, 6.45) is 0. The van der Waals surface area contributed by atoms with Crippen LogP contribution in [0.1, 0.15) is 11.5 Å². The molecule has 0 saturated carbocycles. The molecular weight excluding hydrogens is 466 g/mol. The summed E-state index contributed by atoms with van der Waals surface area (Å²) in [5.74, 6) is 2.88. The van der Waals surface area contributed by atoms with Crippen molar-refractivity contribution in [2.75, 3.05) is 20.8 Å². The van der Waals surface area contributed by atoms with Gasteiger partial charge < -0.3 is 23.7 Å². The van der Waals surface area contributed by atoms with E-state index in [1.807, 2.05) is 67.6 Å². The number of aromatic nitrogens is 1. The lowest BCUT2D eigenvalue weighted by Crippen LogP contribution is -2.09. The van der Waals surface area contributed by atoms with Crippen molar-refractivity contribution in [1.82, 2.24) is 4.98 Å². The summed E-state index contributed by atoms with van der Waals surface area (Å²) >= 11 is 1.58. The van der Waals surface area contributed by atoms with E-state index < -0.39 is 5.97 Å². The molecule has 3 aromatic carbocycles. The number of methoxy groups -OCH3 is 2. The molecule has 0 aliphatic heterocycles. The van der Waals surface area contributed by atoms with Crippen LogP contribution in [0.5, 0.6) is 17.2 Å². The summed E-state index contributed by atoms with van der Waals surface area (Å²) in [6.45, 7) is 1.52. The fraction of sp³-hybridized carbons (Fsp3) is 0.185. The maximum absolute atomic E-state index is 10.7. The van der Waals surface area contributed by atoms with E-state index in [2.05, 4.69) is 0 Å². The van der Waals surface area contributed by atoms with Crippen molar-refractivity contribution in [2.45, 2.75) is 17.6 Å². The molecule has 0 spiro atoms. The average Bonchev–Trinajstić information content (AvgIpc) is 3.31. The molecule has 0 saturated heterocycles. The summed E-state index contributed by atoms with van der Waals surface area (Å²) in [6, 6.07) is 21.0. The number of hydrogen-bond acceptors (Lipinski definition) is 7. The Morgan fingerprint density at radius 1 is 0.943 bits per heavy atom. The number of nitrogens with zero attached hydrogens (tertiary/aromatic N) is 1. The molecule has 0 amide bonds. The van der Waals surface area contributed by atoms with Crippen LogP contribution in [0.15, 0.2) is 76.0 Å². The number of carbonyl (C=O) groups is 1. The predicted molar refractivity (Wildman–Crippen MR) is 134 cm³/mol.